The number of carbonyl (C=O) groups excluding carboxylic acids is 1. The van der Waals surface area contributed by atoms with Crippen LogP contribution in [-0.2, 0) is 9.47 Å². The van der Waals surface area contributed by atoms with Crippen LogP contribution in [0.25, 0.3) is 16.6 Å². The number of rotatable bonds is 4. The maximum absolute atomic E-state index is 16.0. The van der Waals surface area contributed by atoms with Crippen molar-refractivity contribution >= 4 is 34.1 Å². The third kappa shape index (κ3) is 5.59. The number of carbonyl (C=O) groups is 1. The summed E-state index contributed by atoms with van der Waals surface area (Å²) < 4.78 is 45.7. The maximum atomic E-state index is 16.0. The second-order valence-corrected chi connectivity index (χ2v) is 12.1. The van der Waals surface area contributed by atoms with Gasteiger partial charge in [-0.15, -0.1) is 0 Å². The molecule has 4 aromatic rings. The van der Waals surface area contributed by atoms with Crippen LogP contribution in [0.5, 0.6) is 0 Å². The van der Waals surface area contributed by atoms with Crippen molar-refractivity contribution in [1.29, 1.82) is 0 Å². The van der Waals surface area contributed by atoms with Crippen molar-refractivity contribution in [3.63, 3.8) is 0 Å². The fraction of sp³-hybridized carbons (Fsp3) is 0.500. The van der Waals surface area contributed by atoms with E-state index in [-0.39, 0.29) is 23.9 Å². The van der Waals surface area contributed by atoms with Crippen LogP contribution in [0.3, 0.4) is 0 Å². The molecule has 1 unspecified atom stereocenters. The van der Waals surface area contributed by atoms with Gasteiger partial charge < -0.3 is 24.1 Å². The fourth-order valence-electron chi connectivity index (χ4n) is 5.80. The number of aromatic nitrogens is 4. The van der Waals surface area contributed by atoms with Crippen molar-refractivity contribution < 1.29 is 23.0 Å². The number of fused-ring (bicyclic) bond motifs is 2. The summed E-state index contributed by atoms with van der Waals surface area (Å²) in [5.41, 5.74) is 2.30. The average Bonchev–Trinajstić information content (AvgIpc) is 3.48. The molecule has 0 spiro atoms. The van der Waals surface area contributed by atoms with Gasteiger partial charge in [0.25, 0.3) is 0 Å². The van der Waals surface area contributed by atoms with Crippen LogP contribution in [0.15, 0.2) is 30.6 Å². The van der Waals surface area contributed by atoms with E-state index in [1.165, 1.54) is 6.07 Å². The molecule has 6 rings (SSSR count). The molecule has 11 heteroatoms. The highest BCUT2D eigenvalue weighted by molar-refractivity contribution is 5.93. The number of hydrogen-bond donors (Lipinski definition) is 1. The summed E-state index contributed by atoms with van der Waals surface area (Å²) >= 11 is 0. The van der Waals surface area contributed by atoms with Gasteiger partial charge in [-0.3, -0.25) is 0 Å². The summed E-state index contributed by atoms with van der Waals surface area (Å²) in [6.07, 6.45) is 6.94. The van der Waals surface area contributed by atoms with E-state index in [1.54, 1.807) is 39.4 Å². The summed E-state index contributed by atoms with van der Waals surface area (Å²) in [5, 5.41) is 8.24. The summed E-state index contributed by atoms with van der Waals surface area (Å²) in [6, 6.07) is 4.90. The van der Waals surface area contributed by atoms with E-state index in [1.807, 2.05) is 26.8 Å². The number of piperidine rings is 1. The monoisotopic (exact) mass is 566 g/mol. The van der Waals surface area contributed by atoms with Crippen molar-refractivity contribution in [3.8, 4) is 0 Å². The van der Waals surface area contributed by atoms with E-state index in [0.717, 1.165) is 24.8 Å². The first-order chi connectivity index (χ1) is 19.6. The van der Waals surface area contributed by atoms with Crippen LogP contribution >= 0.6 is 0 Å². The number of benzene rings is 1. The Hall–Kier alpha value is -3.73. The Morgan fingerprint density at radius 1 is 1.07 bits per heavy atom. The lowest BCUT2D eigenvalue weighted by Gasteiger charge is -2.33. The fourth-order valence-corrected chi connectivity index (χ4v) is 5.80. The van der Waals surface area contributed by atoms with Crippen LogP contribution in [0.1, 0.15) is 76.3 Å². The molecule has 2 saturated heterocycles. The Morgan fingerprint density at radius 3 is 2.56 bits per heavy atom. The number of aryl methyl sites for hydroxylation is 1. The number of likely N-dealkylation sites (tertiary alicyclic amines) is 1. The molecule has 1 N–H and O–H groups in total. The molecule has 0 saturated carbocycles. The van der Waals surface area contributed by atoms with E-state index in [2.05, 4.69) is 10.3 Å². The zero-order chi connectivity index (χ0) is 28.9. The molecule has 1 aromatic carbocycles. The zero-order valence-electron chi connectivity index (χ0n) is 23.9. The first-order valence-electron chi connectivity index (χ1n) is 14.3. The van der Waals surface area contributed by atoms with Crippen molar-refractivity contribution in [3.05, 3.63) is 53.5 Å². The molecule has 2 aliphatic rings. The number of imidazole rings is 1. The van der Waals surface area contributed by atoms with E-state index in [4.69, 9.17) is 14.6 Å². The molecule has 5 heterocycles. The Kier molecular flexibility index (Phi) is 7.09. The smallest absolute Gasteiger partial charge is 0.410 e. The Morgan fingerprint density at radius 2 is 1.85 bits per heavy atom. The first-order valence-corrected chi connectivity index (χ1v) is 14.3. The minimum atomic E-state index is -0.553. The maximum Gasteiger partial charge on any atom is 0.410 e. The molecule has 0 bridgehead atoms. The van der Waals surface area contributed by atoms with Gasteiger partial charge >= 0.3 is 6.09 Å². The highest BCUT2D eigenvalue weighted by atomic mass is 19.1. The topological polar surface area (TPSA) is 85.9 Å². The van der Waals surface area contributed by atoms with Gasteiger partial charge in [0, 0.05) is 38.2 Å². The molecule has 9 nitrogen and oxygen atoms in total. The van der Waals surface area contributed by atoms with Gasteiger partial charge in [-0.2, -0.15) is 5.10 Å². The second kappa shape index (κ2) is 10.6. The van der Waals surface area contributed by atoms with E-state index >= 15 is 4.39 Å². The lowest BCUT2D eigenvalue weighted by atomic mass is 9.89. The standard InChI is InChI=1S/C30H36F2N6O3/c1-18-16-37-17-21(15-23(32)28(37)33-18)34-27-26-22(31)13-20(14-24(26)38(35-27)25-7-5-6-12-40-25)19-8-10-36(11-9-19)29(39)41-30(2,3)4/h13-17,19,25H,5-12H2,1-4H3,(H,34,35). The predicted molar refractivity (Wildman–Crippen MR) is 151 cm³/mol. The average molecular weight is 567 g/mol. The largest absolute Gasteiger partial charge is 0.444 e. The lowest BCUT2D eigenvalue weighted by Crippen LogP contribution is -2.41. The van der Waals surface area contributed by atoms with Crippen LogP contribution in [-0.4, -0.2) is 55.5 Å². The van der Waals surface area contributed by atoms with Crippen LogP contribution in [0.2, 0.25) is 0 Å². The van der Waals surface area contributed by atoms with Crippen LogP contribution in [0, 0.1) is 18.6 Å². The molecule has 0 aliphatic carbocycles. The van der Waals surface area contributed by atoms with Crippen molar-refractivity contribution in [2.45, 2.75) is 77.5 Å². The summed E-state index contributed by atoms with van der Waals surface area (Å²) in [7, 11) is 0. The third-order valence-corrected chi connectivity index (χ3v) is 7.72. The van der Waals surface area contributed by atoms with Gasteiger partial charge in [0.1, 0.15) is 11.4 Å². The van der Waals surface area contributed by atoms with Crippen molar-refractivity contribution in [1.82, 2.24) is 24.1 Å². The zero-order valence-corrected chi connectivity index (χ0v) is 23.9. The molecular formula is C30H36F2N6O3. The number of pyridine rings is 1. The van der Waals surface area contributed by atoms with E-state index in [0.29, 0.717) is 60.6 Å². The Labute approximate surface area is 237 Å². The molecule has 0 radical (unpaired) electrons. The third-order valence-electron chi connectivity index (χ3n) is 7.72. The lowest BCUT2D eigenvalue weighted by molar-refractivity contribution is -0.0365. The van der Waals surface area contributed by atoms with Crippen molar-refractivity contribution in [2.24, 2.45) is 0 Å². The Balaban J connectivity index is 1.32. The normalized spacial score (nSPS) is 18.8. The van der Waals surface area contributed by atoms with Gasteiger partial charge in [-0.05, 0) is 83.4 Å². The number of ether oxygens (including phenoxy) is 2. The number of anilines is 2. The molecule has 3 aromatic heterocycles. The molecule has 218 valence electrons. The molecular weight excluding hydrogens is 530 g/mol. The molecule has 2 fully saturated rings. The quantitative estimate of drug-likeness (QED) is 0.292. The minimum absolute atomic E-state index is 0.0839. The number of halogens is 2. The summed E-state index contributed by atoms with van der Waals surface area (Å²) in [6.45, 7) is 9.05. The molecule has 41 heavy (non-hydrogen) atoms. The SMILES string of the molecule is Cc1cn2cc(Nc3nn(C4CCCCO4)c4cc(C5CCN(C(=O)OC(C)(C)C)CC5)cc(F)c34)cc(F)c2n1. The number of nitrogens with zero attached hydrogens (tertiary/aromatic N) is 5. The molecule has 1 atom stereocenters. The van der Waals surface area contributed by atoms with Gasteiger partial charge in [0.2, 0.25) is 0 Å². The van der Waals surface area contributed by atoms with Gasteiger partial charge in [0.15, 0.2) is 23.5 Å². The highest BCUT2D eigenvalue weighted by Gasteiger charge is 2.30. The van der Waals surface area contributed by atoms with Gasteiger partial charge in [-0.25, -0.2) is 23.2 Å². The molecule has 2 aliphatic heterocycles. The number of nitrogens with one attached hydrogen (secondary N) is 1. The van der Waals surface area contributed by atoms with Gasteiger partial charge in [-0.1, -0.05) is 0 Å². The van der Waals surface area contributed by atoms with Crippen molar-refractivity contribution in [2.75, 3.05) is 25.0 Å². The first kappa shape index (κ1) is 27.4. The summed E-state index contributed by atoms with van der Waals surface area (Å²) in [4.78, 5) is 18.5. The molecule has 1 amide bonds. The van der Waals surface area contributed by atoms with E-state index < -0.39 is 17.2 Å². The number of amides is 1. The van der Waals surface area contributed by atoms with Crippen LogP contribution < -0.4 is 5.32 Å². The van der Waals surface area contributed by atoms with Gasteiger partial charge in [0.05, 0.1) is 22.3 Å². The van der Waals surface area contributed by atoms with Crippen LogP contribution in [0.4, 0.5) is 25.1 Å². The minimum Gasteiger partial charge on any atom is -0.444 e. The summed E-state index contributed by atoms with van der Waals surface area (Å²) in [5.74, 6) is -0.506. The number of hydrogen-bond acceptors (Lipinski definition) is 6. The Bertz CT molecular complexity index is 1590. The van der Waals surface area contributed by atoms with E-state index in [9.17, 15) is 9.18 Å². The second-order valence-electron chi connectivity index (χ2n) is 12.1. The highest BCUT2D eigenvalue weighted by Crippen LogP contribution is 2.38. The predicted octanol–water partition coefficient (Wildman–Crippen LogP) is 6.83.